The van der Waals surface area contributed by atoms with E-state index in [1.54, 1.807) is 12.3 Å². The number of carbonyl (C=O) groups is 1. The Morgan fingerprint density at radius 1 is 1.30 bits per heavy atom. The molecular weight excluding hydrogens is 290 g/mol. The van der Waals surface area contributed by atoms with Gasteiger partial charge in [0.15, 0.2) is 0 Å². The van der Waals surface area contributed by atoms with Crippen LogP contribution >= 0.6 is 0 Å². The van der Waals surface area contributed by atoms with Crippen molar-refractivity contribution in [3.8, 4) is 0 Å². The number of morpholine rings is 1. The van der Waals surface area contributed by atoms with E-state index in [-0.39, 0.29) is 11.8 Å². The van der Waals surface area contributed by atoms with Crippen molar-refractivity contribution < 1.29 is 9.53 Å². The highest BCUT2D eigenvalue weighted by Crippen LogP contribution is 2.33. The fourth-order valence-electron chi connectivity index (χ4n) is 3.04. The van der Waals surface area contributed by atoms with Crippen molar-refractivity contribution in [1.82, 2.24) is 4.90 Å². The number of rotatable bonds is 4. The minimum atomic E-state index is -0.278. The molecule has 5 nitrogen and oxygen atoms in total. The quantitative estimate of drug-likeness (QED) is 0.823. The maximum Gasteiger partial charge on any atom is 0.230 e. The summed E-state index contributed by atoms with van der Waals surface area (Å²) >= 11 is 0. The van der Waals surface area contributed by atoms with Gasteiger partial charge in [-0.05, 0) is 36.6 Å². The molecule has 0 bridgehead atoms. The van der Waals surface area contributed by atoms with Crippen molar-refractivity contribution in [2.45, 2.75) is 19.3 Å². The number of nitrogens with zero attached hydrogens (tertiary/aromatic N) is 1. The molecule has 2 fully saturated rings. The van der Waals surface area contributed by atoms with Crippen LogP contribution in [0, 0.1) is 5.92 Å². The minimum Gasteiger partial charge on any atom is -0.405 e. The second-order valence-electron chi connectivity index (χ2n) is 5.90. The largest absolute Gasteiger partial charge is 0.405 e. The second-order valence-corrected chi connectivity index (χ2v) is 5.90. The lowest BCUT2D eigenvalue weighted by atomic mass is 9.84. The van der Waals surface area contributed by atoms with Crippen LogP contribution in [0.2, 0.25) is 0 Å². The fraction of sp³-hybridized carbons (Fsp3) is 0.500. The van der Waals surface area contributed by atoms with Gasteiger partial charge in [-0.2, -0.15) is 0 Å². The molecule has 1 heterocycles. The average molecular weight is 317 g/mol. The number of carbonyl (C=O) groups excluding carboxylic acids is 1. The third-order valence-electron chi connectivity index (χ3n) is 4.40. The van der Waals surface area contributed by atoms with Gasteiger partial charge in [0.05, 0.1) is 19.1 Å². The third-order valence-corrected chi connectivity index (χ3v) is 4.40. The first-order chi connectivity index (χ1) is 11.2. The summed E-state index contributed by atoms with van der Waals surface area (Å²) in [6.45, 7) is 6.60. The lowest BCUT2D eigenvalue weighted by Crippen LogP contribution is -2.45. The van der Waals surface area contributed by atoms with Gasteiger partial charge in [0, 0.05) is 19.6 Å². The molecule has 1 aliphatic heterocycles. The number of ether oxygens (including phenoxy) is 1. The van der Waals surface area contributed by atoms with Crippen LogP contribution in [0.3, 0.4) is 0 Å². The summed E-state index contributed by atoms with van der Waals surface area (Å²) in [4.78, 5) is 14.5. The van der Waals surface area contributed by atoms with Crippen LogP contribution in [0.5, 0.6) is 0 Å². The van der Waals surface area contributed by atoms with Gasteiger partial charge >= 0.3 is 0 Å². The molecule has 5 heteroatoms. The van der Waals surface area contributed by atoms with Crippen LogP contribution in [0.25, 0.3) is 0 Å². The molecule has 23 heavy (non-hydrogen) atoms. The number of amides is 1. The van der Waals surface area contributed by atoms with Crippen LogP contribution in [0.1, 0.15) is 19.3 Å². The summed E-state index contributed by atoms with van der Waals surface area (Å²) in [5, 5.41) is 0. The molecular formula is C18H27N3O2. The number of hydrogen-bond acceptors (Lipinski definition) is 4. The number of allylic oxidation sites excluding steroid dienone is 5. The van der Waals surface area contributed by atoms with E-state index >= 15 is 0 Å². The molecule has 0 aromatic rings. The zero-order valence-corrected chi connectivity index (χ0v) is 13.7. The predicted octanol–water partition coefficient (Wildman–Crippen LogP) is 1.49. The normalized spacial score (nSPS) is 25.8. The van der Waals surface area contributed by atoms with Gasteiger partial charge in [-0.3, -0.25) is 4.79 Å². The maximum absolute atomic E-state index is 12.7. The molecule has 0 spiro atoms. The molecule has 4 N–H and O–H groups in total. The van der Waals surface area contributed by atoms with E-state index in [2.05, 4.69) is 6.58 Å². The first-order valence-electron chi connectivity index (χ1n) is 8.18. The SMILES string of the molecule is C=C/C=C1\C/C(=C\N)CC\C1=C/[C@H](CN)C(=O)N1CCOCC1. The monoisotopic (exact) mass is 317 g/mol. The topological polar surface area (TPSA) is 81.6 Å². The molecule has 1 atom stereocenters. The van der Waals surface area contributed by atoms with Gasteiger partial charge in [-0.1, -0.05) is 30.4 Å². The van der Waals surface area contributed by atoms with Crippen LogP contribution in [-0.2, 0) is 9.53 Å². The molecule has 0 unspecified atom stereocenters. The van der Waals surface area contributed by atoms with Crippen molar-refractivity contribution in [3.63, 3.8) is 0 Å². The van der Waals surface area contributed by atoms with E-state index in [0.29, 0.717) is 32.8 Å². The highest BCUT2D eigenvalue weighted by Gasteiger charge is 2.25. The summed E-state index contributed by atoms with van der Waals surface area (Å²) in [6, 6.07) is 0. The first kappa shape index (κ1) is 17.5. The summed E-state index contributed by atoms with van der Waals surface area (Å²) < 4.78 is 5.31. The lowest BCUT2D eigenvalue weighted by Gasteiger charge is -2.30. The van der Waals surface area contributed by atoms with Crippen molar-refractivity contribution in [2.24, 2.45) is 17.4 Å². The Kier molecular flexibility index (Phi) is 6.62. The zero-order chi connectivity index (χ0) is 16.7. The summed E-state index contributed by atoms with van der Waals surface area (Å²) in [7, 11) is 0. The molecule has 1 amide bonds. The highest BCUT2D eigenvalue weighted by atomic mass is 16.5. The summed E-state index contributed by atoms with van der Waals surface area (Å²) in [5.41, 5.74) is 15.1. The smallest absolute Gasteiger partial charge is 0.230 e. The van der Waals surface area contributed by atoms with Crippen LogP contribution < -0.4 is 11.5 Å². The Morgan fingerprint density at radius 3 is 2.65 bits per heavy atom. The molecule has 2 rings (SSSR count). The number of hydrogen-bond donors (Lipinski definition) is 2. The molecule has 1 saturated carbocycles. The molecule has 1 saturated heterocycles. The fourth-order valence-corrected chi connectivity index (χ4v) is 3.04. The van der Waals surface area contributed by atoms with Crippen molar-refractivity contribution in [1.29, 1.82) is 0 Å². The highest BCUT2D eigenvalue weighted by molar-refractivity contribution is 5.81. The van der Waals surface area contributed by atoms with Crippen molar-refractivity contribution >= 4 is 5.91 Å². The maximum atomic E-state index is 12.7. The lowest BCUT2D eigenvalue weighted by molar-refractivity contribution is -0.137. The molecule has 0 radical (unpaired) electrons. The van der Waals surface area contributed by atoms with E-state index in [0.717, 1.165) is 19.3 Å². The van der Waals surface area contributed by atoms with Crippen molar-refractivity contribution in [2.75, 3.05) is 32.8 Å². The predicted molar refractivity (Wildman–Crippen MR) is 92.4 cm³/mol. The van der Waals surface area contributed by atoms with Gasteiger partial charge in [0.1, 0.15) is 0 Å². The van der Waals surface area contributed by atoms with Gasteiger partial charge in [-0.25, -0.2) is 0 Å². The molecule has 0 aromatic heterocycles. The second kappa shape index (κ2) is 8.70. The van der Waals surface area contributed by atoms with Crippen molar-refractivity contribution in [3.05, 3.63) is 47.7 Å². The Bertz CT molecular complexity index is 528. The zero-order valence-electron chi connectivity index (χ0n) is 13.7. The Hall–Kier alpha value is -1.85. The van der Waals surface area contributed by atoms with Gasteiger partial charge in [0.25, 0.3) is 0 Å². The van der Waals surface area contributed by atoms with Crippen LogP contribution in [-0.4, -0.2) is 43.7 Å². The first-order valence-corrected chi connectivity index (χ1v) is 8.18. The molecule has 2 aliphatic rings. The van der Waals surface area contributed by atoms with Gasteiger partial charge in [0.2, 0.25) is 5.91 Å². The van der Waals surface area contributed by atoms with E-state index < -0.39 is 0 Å². The van der Waals surface area contributed by atoms with E-state index in [9.17, 15) is 4.79 Å². The molecule has 0 aromatic carbocycles. The Labute approximate surface area is 138 Å². The Balaban J connectivity index is 2.16. The van der Waals surface area contributed by atoms with Gasteiger partial charge < -0.3 is 21.1 Å². The van der Waals surface area contributed by atoms with Crippen LogP contribution in [0.4, 0.5) is 0 Å². The average Bonchev–Trinajstić information content (AvgIpc) is 2.61. The van der Waals surface area contributed by atoms with Gasteiger partial charge in [-0.15, -0.1) is 0 Å². The van der Waals surface area contributed by atoms with Crippen LogP contribution in [0.15, 0.2) is 47.7 Å². The third kappa shape index (κ3) is 4.56. The Morgan fingerprint density at radius 2 is 2.04 bits per heavy atom. The standard InChI is InChI=1S/C18H27N3O2/c1-2-3-15-10-14(12-19)4-5-16(15)11-17(13-20)18(22)21-6-8-23-9-7-21/h2-3,11-12,17H,1,4-10,13,19-20H2/b14-12-,15-3+,16-11+/t17-/m1/s1. The van der Waals surface area contributed by atoms with E-state index in [4.69, 9.17) is 16.2 Å². The molecule has 1 aliphatic carbocycles. The number of nitrogens with two attached hydrogens (primary N) is 2. The molecule has 126 valence electrons. The minimum absolute atomic E-state index is 0.0985. The van der Waals surface area contributed by atoms with E-state index in [1.165, 1.54) is 16.7 Å². The summed E-state index contributed by atoms with van der Waals surface area (Å²) in [6.07, 6.45) is 10.1. The van der Waals surface area contributed by atoms with E-state index in [1.807, 2.05) is 17.1 Å². The summed E-state index contributed by atoms with van der Waals surface area (Å²) in [5.74, 6) is -0.180.